The molecule has 0 spiro atoms. The predicted octanol–water partition coefficient (Wildman–Crippen LogP) is -0.679. The first kappa shape index (κ1) is 12.5. The van der Waals surface area contributed by atoms with Gasteiger partial charge in [-0.2, -0.15) is 0 Å². The molecular formula is C5H11O7P. The van der Waals surface area contributed by atoms with Crippen LogP contribution in [0.25, 0.3) is 0 Å². The molecule has 0 aromatic heterocycles. The van der Waals surface area contributed by atoms with E-state index in [1.807, 2.05) is 0 Å². The van der Waals surface area contributed by atoms with Crippen LogP contribution in [0.2, 0.25) is 0 Å². The standard InChI is InChI=1S/C5H11O7P/c6-4(5(7)8)2-1-3-12-13(9,10)11/h4,6H,1-3H2,(H,7,8)(H2,9,10,11). The topological polar surface area (TPSA) is 124 Å². The van der Waals surface area contributed by atoms with Crippen LogP contribution in [0.1, 0.15) is 12.8 Å². The van der Waals surface area contributed by atoms with Gasteiger partial charge in [-0.05, 0) is 12.8 Å². The minimum absolute atomic E-state index is 0.0680. The second-order valence-electron chi connectivity index (χ2n) is 2.32. The zero-order chi connectivity index (χ0) is 10.5. The van der Waals surface area contributed by atoms with Crippen LogP contribution < -0.4 is 0 Å². The van der Waals surface area contributed by atoms with Crippen LogP contribution in [0, 0.1) is 0 Å². The Hall–Kier alpha value is -0.460. The highest BCUT2D eigenvalue weighted by atomic mass is 31.2. The van der Waals surface area contributed by atoms with E-state index in [1.165, 1.54) is 0 Å². The molecule has 8 heteroatoms. The van der Waals surface area contributed by atoms with E-state index in [4.69, 9.17) is 20.0 Å². The zero-order valence-electron chi connectivity index (χ0n) is 6.66. The fourth-order valence-electron chi connectivity index (χ4n) is 0.584. The van der Waals surface area contributed by atoms with Gasteiger partial charge < -0.3 is 20.0 Å². The van der Waals surface area contributed by atoms with Gasteiger partial charge in [0.05, 0.1) is 6.61 Å². The molecule has 0 bridgehead atoms. The Bertz CT molecular complexity index is 209. The third kappa shape index (κ3) is 7.89. The van der Waals surface area contributed by atoms with Gasteiger partial charge in [0.1, 0.15) is 0 Å². The summed E-state index contributed by atoms with van der Waals surface area (Å²) >= 11 is 0. The van der Waals surface area contributed by atoms with Crippen molar-refractivity contribution in [3.8, 4) is 0 Å². The SMILES string of the molecule is O=C(O)C(O)CCCOP(=O)(O)O. The van der Waals surface area contributed by atoms with Crippen molar-refractivity contribution < 1.29 is 33.9 Å². The Labute approximate surface area is 74.2 Å². The average Bonchev–Trinajstić information content (AvgIpc) is 1.95. The van der Waals surface area contributed by atoms with Crippen LogP contribution in [0.15, 0.2) is 0 Å². The first-order chi connectivity index (χ1) is 5.83. The van der Waals surface area contributed by atoms with Crippen molar-refractivity contribution in [3.63, 3.8) is 0 Å². The lowest BCUT2D eigenvalue weighted by atomic mass is 10.2. The number of hydrogen-bond acceptors (Lipinski definition) is 4. The molecule has 0 aliphatic heterocycles. The smallest absolute Gasteiger partial charge is 0.469 e. The van der Waals surface area contributed by atoms with Gasteiger partial charge in [-0.15, -0.1) is 0 Å². The number of hydrogen-bond donors (Lipinski definition) is 4. The van der Waals surface area contributed by atoms with Crippen molar-refractivity contribution >= 4 is 13.8 Å². The van der Waals surface area contributed by atoms with Crippen LogP contribution in [-0.2, 0) is 13.9 Å². The lowest BCUT2D eigenvalue weighted by Gasteiger charge is -2.06. The van der Waals surface area contributed by atoms with E-state index in [2.05, 4.69) is 4.52 Å². The summed E-state index contributed by atoms with van der Waals surface area (Å²) in [6.07, 6.45) is -1.55. The van der Waals surface area contributed by atoms with E-state index in [1.54, 1.807) is 0 Å². The number of aliphatic carboxylic acids is 1. The molecule has 1 unspecified atom stereocenters. The molecule has 0 heterocycles. The zero-order valence-corrected chi connectivity index (χ0v) is 7.55. The Kier molecular flexibility index (Phi) is 5.12. The molecule has 0 aliphatic rings. The molecular weight excluding hydrogens is 203 g/mol. The molecule has 0 amide bonds. The third-order valence-electron chi connectivity index (χ3n) is 1.17. The fourth-order valence-corrected chi connectivity index (χ4v) is 0.951. The Morgan fingerprint density at radius 2 is 2.00 bits per heavy atom. The molecule has 4 N–H and O–H groups in total. The number of carboxylic acids is 1. The van der Waals surface area contributed by atoms with Crippen molar-refractivity contribution in [1.82, 2.24) is 0 Å². The largest absolute Gasteiger partial charge is 0.479 e. The summed E-state index contributed by atoms with van der Waals surface area (Å²) in [5, 5.41) is 16.9. The van der Waals surface area contributed by atoms with Gasteiger partial charge in [0.25, 0.3) is 0 Å². The van der Waals surface area contributed by atoms with Crippen molar-refractivity contribution in [1.29, 1.82) is 0 Å². The maximum atomic E-state index is 10.1. The molecule has 7 nitrogen and oxygen atoms in total. The molecule has 0 radical (unpaired) electrons. The van der Waals surface area contributed by atoms with Gasteiger partial charge >= 0.3 is 13.8 Å². The van der Waals surface area contributed by atoms with Crippen molar-refractivity contribution in [2.24, 2.45) is 0 Å². The van der Waals surface area contributed by atoms with Crippen LogP contribution in [-0.4, -0.2) is 38.7 Å². The van der Waals surface area contributed by atoms with Crippen molar-refractivity contribution in [2.45, 2.75) is 18.9 Å². The molecule has 1 atom stereocenters. The Balaban J connectivity index is 3.47. The summed E-state index contributed by atoms with van der Waals surface area (Å²) in [6, 6.07) is 0. The summed E-state index contributed by atoms with van der Waals surface area (Å²) in [6.45, 7) is -0.283. The number of phosphoric ester groups is 1. The summed E-state index contributed by atoms with van der Waals surface area (Å²) in [7, 11) is -4.48. The van der Waals surface area contributed by atoms with E-state index in [-0.39, 0.29) is 19.4 Å². The first-order valence-corrected chi connectivity index (χ1v) is 4.97. The number of phosphoric acid groups is 1. The maximum absolute atomic E-state index is 10.1. The molecule has 78 valence electrons. The molecule has 13 heavy (non-hydrogen) atoms. The molecule has 0 fully saturated rings. The number of carboxylic acid groups (broad SMARTS) is 1. The fraction of sp³-hybridized carbons (Fsp3) is 0.800. The second-order valence-corrected chi connectivity index (χ2v) is 3.56. The molecule has 0 aromatic carbocycles. The van der Waals surface area contributed by atoms with E-state index in [9.17, 15) is 9.36 Å². The van der Waals surface area contributed by atoms with E-state index < -0.39 is 19.9 Å². The molecule has 0 aliphatic carbocycles. The minimum atomic E-state index is -4.48. The lowest BCUT2D eigenvalue weighted by Crippen LogP contribution is -2.19. The van der Waals surface area contributed by atoms with Gasteiger partial charge in [0, 0.05) is 0 Å². The summed E-state index contributed by atoms with van der Waals surface area (Å²) in [5.41, 5.74) is 0. The number of rotatable bonds is 6. The van der Waals surface area contributed by atoms with Gasteiger partial charge in [0.15, 0.2) is 6.10 Å². The Morgan fingerprint density at radius 3 is 2.38 bits per heavy atom. The van der Waals surface area contributed by atoms with Gasteiger partial charge in [-0.25, -0.2) is 9.36 Å². The van der Waals surface area contributed by atoms with Crippen LogP contribution in [0.3, 0.4) is 0 Å². The number of carbonyl (C=O) groups is 1. The summed E-state index contributed by atoms with van der Waals surface area (Å²) in [4.78, 5) is 26.5. The third-order valence-corrected chi connectivity index (χ3v) is 1.69. The van der Waals surface area contributed by atoms with Crippen molar-refractivity contribution in [3.05, 3.63) is 0 Å². The molecule has 0 saturated carbocycles. The molecule has 0 aromatic rings. The normalized spacial score (nSPS) is 14.1. The summed E-state index contributed by atoms with van der Waals surface area (Å²) < 4.78 is 14.1. The lowest BCUT2D eigenvalue weighted by molar-refractivity contribution is -0.147. The molecule has 0 saturated heterocycles. The van der Waals surface area contributed by atoms with E-state index in [0.717, 1.165) is 0 Å². The van der Waals surface area contributed by atoms with Crippen LogP contribution in [0.5, 0.6) is 0 Å². The number of aliphatic hydroxyl groups excluding tert-OH is 1. The van der Waals surface area contributed by atoms with Gasteiger partial charge in [-0.3, -0.25) is 4.52 Å². The average molecular weight is 214 g/mol. The van der Waals surface area contributed by atoms with Crippen molar-refractivity contribution in [2.75, 3.05) is 6.61 Å². The molecule has 0 rings (SSSR count). The highest BCUT2D eigenvalue weighted by molar-refractivity contribution is 7.46. The highest BCUT2D eigenvalue weighted by Gasteiger charge is 2.15. The van der Waals surface area contributed by atoms with E-state index in [0.29, 0.717) is 0 Å². The highest BCUT2D eigenvalue weighted by Crippen LogP contribution is 2.35. The maximum Gasteiger partial charge on any atom is 0.469 e. The van der Waals surface area contributed by atoms with Gasteiger partial charge in [-0.1, -0.05) is 0 Å². The second kappa shape index (κ2) is 5.31. The Morgan fingerprint density at radius 1 is 1.46 bits per heavy atom. The number of aliphatic hydroxyl groups is 1. The van der Waals surface area contributed by atoms with Crippen LogP contribution >= 0.6 is 7.82 Å². The summed E-state index contributed by atoms with van der Waals surface area (Å²) in [5.74, 6) is -1.36. The van der Waals surface area contributed by atoms with Gasteiger partial charge in [0.2, 0.25) is 0 Å². The van der Waals surface area contributed by atoms with Crippen LogP contribution in [0.4, 0.5) is 0 Å². The first-order valence-electron chi connectivity index (χ1n) is 3.44. The quantitative estimate of drug-likeness (QED) is 0.341. The predicted molar refractivity (Wildman–Crippen MR) is 40.9 cm³/mol. The van der Waals surface area contributed by atoms with E-state index >= 15 is 0 Å². The minimum Gasteiger partial charge on any atom is -0.479 e. The monoisotopic (exact) mass is 214 g/mol.